The fourth-order valence-electron chi connectivity index (χ4n) is 1.70. The molecule has 3 N–H and O–H groups in total. The molecule has 0 spiro atoms. The molecule has 1 aromatic carbocycles. The number of rotatable bonds is 5. The molecule has 0 unspecified atom stereocenters. The fourth-order valence-corrected chi connectivity index (χ4v) is 2.41. The molecule has 0 radical (unpaired) electrons. The molecule has 1 saturated carbocycles. The van der Waals surface area contributed by atoms with Gasteiger partial charge in [0.2, 0.25) is 5.91 Å². The molecular weight excluding hydrogens is 303 g/mol. The van der Waals surface area contributed by atoms with Crippen molar-refractivity contribution in [1.82, 2.24) is 0 Å². The van der Waals surface area contributed by atoms with Crippen LogP contribution in [0.25, 0.3) is 0 Å². The van der Waals surface area contributed by atoms with Gasteiger partial charge in [-0.1, -0.05) is 0 Å². The Morgan fingerprint density at radius 3 is 2.35 bits per heavy atom. The highest BCUT2D eigenvalue weighted by molar-refractivity contribution is 6.53. The largest absolute Gasteiger partial charge is 0.484 e. The van der Waals surface area contributed by atoms with E-state index >= 15 is 0 Å². The summed E-state index contributed by atoms with van der Waals surface area (Å²) in [5.41, 5.74) is 4.80. The number of benzene rings is 1. The molecule has 1 fully saturated rings. The smallest absolute Gasteiger partial charge is 0.255 e. The van der Waals surface area contributed by atoms with Crippen LogP contribution in [0.5, 0.6) is 5.75 Å². The zero-order valence-electron chi connectivity index (χ0n) is 10.8. The number of amides is 2. The van der Waals surface area contributed by atoms with Gasteiger partial charge in [-0.15, -0.1) is 23.2 Å². The first-order valence-corrected chi connectivity index (χ1v) is 6.71. The Morgan fingerprint density at radius 2 is 1.90 bits per heavy atom. The lowest BCUT2D eigenvalue weighted by Gasteiger charge is -2.13. The summed E-state index contributed by atoms with van der Waals surface area (Å²) in [4.78, 5) is 22.6. The summed E-state index contributed by atoms with van der Waals surface area (Å²) < 4.78 is 4.11. The van der Waals surface area contributed by atoms with Crippen molar-refractivity contribution in [3.63, 3.8) is 0 Å². The first-order valence-electron chi connectivity index (χ1n) is 5.95. The van der Waals surface area contributed by atoms with E-state index in [2.05, 4.69) is 5.32 Å². The number of halogens is 2. The number of alkyl halides is 2. The summed E-state index contributed by atoms with van der Waals surface area (Å²) in [7, 11) is 0. The van der Waals surface area contributed by atoms with Gasteiger partial charge in [0.05, 0.1) is 5.41 Å². The van der Waals surface area contributed by atoms with Gasteiger partial charge in [-0.2, -0.15) is 0 Å². The average Bonchev–Trinajstić information content (AvgIpc) is 2.89. The molecule has 0 saturated heterocycles. The predicted octanol–water partition coefficient (Wildman–Crippen LogP) is 2.07. The molecule has 2 rings (SSSR count). The van der Waals surface area contributed by atoms with Crippen molar-refractivity contribution in [3.8, 4) is 5.75 Å². The van der Waals surface area contributed by atoms with Gasteiger partial charge < -0.3 is 15.8 Å². The van der Waals surface area contributed by atoms with E-state index in [9.17, 15) is 9.59 Å². The molecule has 1 aliphatic carbocycles. The molecule has 2 amide bonds. The molecule has 0 heterocycles. The molecule has 0 aliphatic heterocycles. The van der Waals surface area contributed by atoms with Gasteiger partial charge in [0.15, 0.2) is 6.61 Å². The number of primary amides is 1. The molecule has 7 heteroatoms. The summed E-state index contributed by atoms with van der Waals surface area (Å²) in [5.74, 6) is -0.290. The predicted molar refractivity (Wildman–Crippen MR) is 76.9 cm³/mol. The number of carbonyl (C=O) groups is 2. The minimum absolute atomic E-state index is 0.190. The zero-order valence-corrected chi connectivity index (χ0v) is 12.3. The maximum absolute atomic E-state index is 12.0. The second-order valence-electron chi connectivity index (χ2n) is 4.95. The first kappa shape index (κ1) is 14.9. The van der Waals surface area contributed by atoms with Gasteiger partial charge in [0.25, 0.3) is 5.91 Å². The van der Waals surface area contributed by atoms with Crippen LogP contribution in [-0.2, 0) is 9.59 Å². The minimum Gasteiger partial charge on any atom is -0.484 e. The van der Waals surface area contributed by atoms with Crippen molar-refractivity contribution in [1.29, 1.82) is 0 Å². The van der Waals surface area contributed by atoms with Crippen LogP contribution in [0.1, 0.15) is 13.3 Å². The Hall–Kier alpha value is -1.46. The van der Waals surface area contributed by atoms with E-state index in [1.165, 1.54) is 0 Å². The third-order valence-corrected chi connectivity index (χ3v) is 4.35. The Kier molecular flexibility index (Phi) is 3.84. The van der Waals surface area contributed by atoms with Crippen LogP contribution in [0, 0.1) is 5.41 Å². The van der Waals surface area contributed by atoms with Crippen LogP contribution >= 0.6 is 23.2 Å². The number of hydrogen-bond acceptors (Lipinski definition) is 3. The normalized spacial score (nSPS) is 22.9. The second kappa shape index (κ2) is 5.14. The number of nitrogens with one attached hydrogen (secondary N) is 1. The molecule has 5 nitrogen and oxygen atoms in total. The fraction of sp³-hybridized carbons (Fsp3) is 0.385. The number of nitrogens with two attached hydrogens (primary N) is 1. The highest BCUT2D eigenvalue weighted by Gasteiger charge is 2.67. The third kappa shape index (κ3) is 2.99. The van der Waals surface area contributed by atoms with Crippen LogP contribution in [0.4, 0.5) is 5.69 Å². The summed E-state index contributed by atoms with van der Waals surface area (Å²) in [6.07, 6.45) is 0.425. The SMILES string of the molecule is C[C@]1(C(=O)Nc2ccc(OCC(N)=O)cc2)CC1(Cl)Cl. The molecule has 108 valence electrons. The maximum atomic E-state index is 12.0. The van der Waals surface area contributed by atoms with E-state index in [-0.39, 0.29) is 12.5 Å². The lowest BCUT2D eigenvalue weighted by molar-refractivity contribution is -0.121. The molecule has 0 aromatic heterocycles. The van der Waals surface area contributed by atoms with Crippen LogP contribution < -0.4 is 15.8 Å². The number of carbonyl (C=O) groups excluding carboxylic acids is 2. The minimum atomic E-state index is -0.998. The number of hydrogen-bond donors (Lipinski definition) is 2. The Labute approximate surface area is 126 Å². The monoisotopic (exact) mass is 316 g/mol. The van der Waals surface area contributed by atoms with Crippen LogP contribution in [0.3, 0.4) is 0 Å². The van der Waals surface area contributed by atoms with Crippen molar-refractivity contribution in [3.05, 3.63) is 24.3 Å². The Balaban J connectivity index is 1.94. The molecule has 1 atom stereocenters. The van der Waals surface area contributed by atoms with E-state index in [1.807, 2.05) is 0 Å². The lowest BCUT2D eigenvalue weighted by Crippen LogP contribution is -2.25. The Morgan fingerprint density at radius 1 is 1.35 bits per heavy atom. The lowest BCUT2D eigenvalue weighted by atomic mass is 10.1. The van der Waals surface area contributed by atoms with Crippen molar-refractivity contribution in [2.75, 3.05) is 11.9 Å². The van der Waals surface area contributed by atoms with Gasteiger partial charge in [0, 0.05) is 5.69 Å². The Bertz CT molecular complexity index is 545. The molecular formula is C13H14Cl2N2O3. The molecule has 0 bridgehead atoms. The van der Waals surface area contributed by atoms with Crippen molar-refractivity contribution < 1.29 is 14.3 Å². The third-order valence-electron chi connectivity index (χ3n) is 3.25. The van der Waals surface area contributed by atoms with Crippen molar-refractivity contribution in [2.45, 2.75) is 17.7 Å². The summed E-state index contributed by atoms with van der Waals surface area (Å²) >= 11 is 11.9. The maximum Gasteiger partial charge on any atom is 0.255 e. The molecule has 1 aromatic rings. The standard InChI is InChI=1S/C13H14Cl2N2O3/c1-12(7-13(12,14)15)11(19)17-8-2-4-9(5-3-8)20-6-10(16)18/h2-5H,6-7H2,1H3,(H2,16,18)(H,17,19)/t12-/m1/s1. The molecule has 1 aliphatic rings. The van der Waals surface area contributed by atoms with Gasteiger partial charge >= 0.3 is 0 Å². The number of ether oxygens (including phenoxy) is 1. The topological polar surface area (TPSA) is 81.4 Å². The van der Waals surface area contributed by atoms with Crippen LogP contribution in [0.15, 0.2) is 24.3 Å². The van der Waals surface area contributed by atoms with Gasteiger partial charge in [-0.25, -0.2) is 0 Å². The zero-order chi connectivity index (χ0) is 15.0. The van der Waals surface area contributed by atoms with E-state index in [0.29, 0.717) is 17.9 Å². The average molecular weight is 317 g/mol. The van der Waals surface area contributed by atoms with Crippen molar-refractivity contribution >= 4 is 40.7 Å². The second-order valence-corrected chi connectivity index (χ2v) is 6.43. The highest BCUT2D eigenvalue weighted by Crippen LogP contribution is 2.64. The van der Waals surface area contributed by atoms with Crippen molar-refractivity contribution in [2.24, 2.45) is 11.1 Å². The van der Waals surface area contributed by atoms with Gasteiger partial charge in [0.1, 0.15) is 10.1 Å². The van der Waals surface area contributed by atoms with E-state index < -0.39 is 15.7 Å². The van der Waals surface area contributed by atoms with E-state index in [1.54, 1.807) is 31.2 Å². The first-order chi connectivity index (χ1) is 9.24. The summed E-state index contributed by atoms with van der Waals surface area (Å²) in [6.45, 7) is 1.53. The number of anilines is 1. The van der Waals surface area contributed by atoms with E-state index in [4.69, 9.17) is 33.7 Å². The quantitative estimate of drug-likeness (QED) is 0.816. The summed E-state index contributed by atoms with van der Waals surface area (Å²) in [6, 6.07) is 6.57. The van der Waals surface area contributed by atoms with Gasteiger partial charge in [-0.05, 0) is 37.6 Å². The van der Waals surface area contributed by atoms with E-state index in [0.717, 1.165) is 0 Å². The van der Waals surface area contributed by atoms with Gasteiger partial charge in [-0.3, -0.25) is 9.59 Å². The summed E-state index contributed by atoms with van der Waals surface area (Å²) in [5, 5.41) is 2.74. The highest BCUT2D eigenvalue weighted by atomic mass is 35.5. The van der Waals surface area contributed by atoms with Crippen LogP contribution in [-0.4, -0.2) is 22.8 Å². The molecule has 20 heavy (non-hydrogen) atoms. The van der Waals surface area contributed by atoms with Crippen LogP contribution in [0.2, 0.25) is 0 Å².